The lowest BCUT2D eigenvalue weighted by atomic mass is 10.1. The number of aryl methyl sites for hydroxylation is 1. The average molecular weight is 300 g/mol. The molecule has 1 N–H and O–H groups in total. The van der Waals surface area contributed by atoms with Crippen molar-refractivity contribution in [2.24, 2.45) is 0 Å². The van der Waals surface area contributed by atoms with Crippen molar-refractivity contribution in [3.05, 3.63) is 35.4 Å². The van der Waals surface area contributed by atoms with Crippen LogP contribution in [-0.2, 0) is 20.0 Å². The Balaban J connectivity index is 2.50. The van der Waals surface area contributed by atoms with Crippen molar-refractivity contribution in [2.75, 3.05) is 19.4 Å². The Hall–Kier alpha value is -1.16. The zero-order chi connectivity index (χ0) is 15.0. The van der Waals surface area contributed by atoms with E-state index in [4.69, 9.17) is 14.2 Å². The Morgan fingerprint density at radius 1 is 1.15 bits per heavy atom. The summed E-state index contributed by atoms with van der Waals surface area (Å²) in [5.74, 6) is -0.936. The minimum atomic E-state index is -2.98. The number of carbonyl (C=O) groups is 1. The lowest BCUT2D eigenvalue weighted by Crippen LogP contribution is -2.02. The molecule has 0 aliphatic heterocycles. The second-order valence-electron chi connectivity index (χ2n) is 4.28. The van der Waals surface area contributed by atoms with E-state index >= 15 is 0 Å². The molecule has 6 heteroatoms. The smallest absolute Gasteiger partial charge is 0.335 e. The SMILES string of the molecule is CCOP(=O)(CCCc1ccc(C(=O)O)cc1)OCC. The van der Waals surface area contributed by atoms with Crippen LogP contribution in [0.25, 0.3) is 0 Å². The molecule has 1 aromatic carbocycles. The Bertz CT molecular complexity index is 459. The van der Waals surface area contributed by atoms with Gasteiger partial charge in [-0.2, -0.15) is 0 Å². The molecule has 0 heterocycles. The van der Waals surface area contributed by atoms with Crippen molar-refractivity contribution < 1.29 is 23.5 Å². The molecule has 0 saturated heterocycles. The van der Waals surface area contributed by atoms with Crippen LogP contribution >= 0.6 is 7.60 Å². The van der Waals surface area contributed by atoms with Gasteiger partial charge in [0.2, 0.25) is 0 Å². The predicted octanol–water partition coefficient (Wildman–Crippen LogP) is 3.58. The van der Waals surface area contributed by atoms with E-state index in [1.807, 2.05) is 0 Å². The zero-order valence-electron chi connectivity index (χ0n) is 11.9. The van der Waals surface area contributed by atoms with E-state index in [2.05, 4.69) is 0 Å². The first kappa shape index (κ1) is 16.9. The molecular formula is C14H21O5P. The Kier molecular flexibility index (Phi) is 6.93. The van der Waals surface area contributed by atoms with Gasteiger partial charge < -0.3 is 14.2 Å². The summed E-state index contributed by atoms with van der Waals surface area (Å²) in [6, 6.07) is 6.69. The molecule has 0 unspecified atom stereocenters. The maximum Gasteiger partial charge on any atom is 0.335 e. The molecule has 0 aromatic heterocycles. The van der Waals surface area contributed by atoms with Crippen molar-refractivity contribution in [3.8, 4) is 0 Å². The largest absolute Gasteiger partial charge is 0.478 e. The summed E-state index contributed by atoms with van der Waals surface area (Å²) >= 11 is 0. The highest BCUT2D eigenvalue weighted by Crippen LogP contribution is 2.48. The molecule has 0 spiro atoms. The van der Waals surface area contributed by atoms with Gasteiger partial charge in [0.15, 0.2) is 0 Å². The highest BCUT2D eigenvalue weighted by Gasteiger charge is 2.22. The molecule has 0 aliphatic rings. The minimum Gasteiger partial charge on any atom is -0.478 e. The number of hydrogen-bond acceptors (Lipinski definition) is 4. The molecule has 0 fully saturated rings. The van der Waals surface area contributed by atoms with Crippen LogP contribution in [0.3, 0.4) is 0 Å². The van der Waals surface area contributed by atoms with Gasteiger partial charge in [0.1, 0.15) is 0 Å². The third-order valence-corrected chi connectivity index (χ3v) is 4.92. The predicted molar refractivity (Wildman–Crippen MR) is 77.4 cm³/mol. The molecule has 0 amide bonds. The van der Waals surface area contributed by atoms with Crippen LogP contribution in [0.1, 0.15) is 36.2 Å². The first-order valence-electron chi connectivity index (χ1n) is 6.71. The summed E-state index contributed by atoms with van der Waals surface area (Å²) in [5.41, 5.74) is 1.28. The van der Waals surface area contributed by atoms with E-state index in [0.29, 0.717) is 32.2 Å². The first-order chi connectivity index (χ1) is 9.50. The summed E-state index contributed by atoms with van der Waals surface area (Å²) in [6.07, 6.45) is 1.75. The summed E-state index contributed by atoms with van der Waals surface area (Å²) in [5, 5.41) is 8.81. The summed E-state index contributed by atoms with van der Waals surface area (Å²) < 4.78 is 22.7. The molecule has 0 bridgehead atoms. The van der Waals surface area contributed by atoms with Crippen LogP contribution in [-0.4, -0.2) is 30.5 Å². The molecule has 0 saturated carbocycles. The van der Waals surface area contributed by atoms with Crippen molar-refractivity contribution in [1.29, 1.82) is 0 Å². The Morgan fingerprint density at radius 3 is 2.15 bits per heavy atom. The second-order valence-corrected chi connectivity index (χ2v) is 6.46. The number of aromatic carboxylic acids is 1. The van der Waals surface area contributed by atoms with Gasteiger partial charge in [-0.05, 0) is 44.4 Å². The van der Waals surface area contributed by atoms with Crippen molar-refractivity contribution in [3.63, 3.8) is 0 Å². The van der Waals surface area contributed by atoms with Crippen LogP contribution in [0.15, 0.2) is 24.3 Å². The normalized spacial score (nSPS) is 11.5. The highest BCUT2D eigenvalue weighted by atomic mass is 31.2. The third-order valence-electron chi connectivity index (χ3n) is 2.75. The van der Waals surface area contributed by atoms with E-state index in [0.717, 1.165) is 5.56 Å². The van der Waals surface area contributed by atoms with Gasteiger partial charge in [-0.3, -0.25) is 4.57 Å². The maximum atomic E-state index is 12.2. The summed E-state index contributed by atoms with van der Waals surface area (Å²) in [7, 11) is -2.98. The van der Waals surface area contributed by atoms with Crippen LogP contribution in [0.4, 0.5) is 0 Å². The highest BCUT2D eigenvalue weighted by molar-refractivity contribution is 7.53. The fourth-order valence-electron chi connectivity index (χ4n) is 1.85. The van der Waals surface area contributed by atoms with E-state index in [1.165, 1.54) is 0 Å². The summed E-state index contributed by atoms with van der Waals surface area (Å²) in [4.78, 5) is 10.7. The van der Waals surface area contributed by atoms with Crippen LogP contribution in [0.5, 0.6) is 0 Å². The number of benzene rings is 1. The molecule has 112 valence electrons. The maximum absolute atomic E-state index is 12.2. The lowest BCUT2D eigenvalue weighted by molar-refractivity contribution is 0.0697. The van der Waals surface area contributed by atoms with Gasteiger partial charge >= 0.3 is 13.6 Å². The average Bonchev–Trinajstić information content (AvgIpc) is 2.39. The molecular weight excluding hydrogens is 279 g/mol. The second kappa shape index (κ2) is 8.20. The molecule has 0 atom stereocenters. The molecule has 20 heavy (non-hydrogen) atoms. The molecule has 5 nitrogen and oxygen atoms in total. The number of carboxylic acids is 1. The number of hydrogen-bond donors (Lipinski definition) is 1. The molecule has 1 aromatic rings. The lowest BCUT2D eigenvalue weighted by Gasteiger charge is -2.16. The van der Waals surface area contributed by atoms with Gasteiger partial charge in [0, 0.05) is 0 Å². The van der Waals surface area contributed by atoms with Crippen molar-refractivity contribution in [2.45, 2.75) is 26.7 Å². The fourth-order valence-corrected chi connectivity index (χ4v) is 3.52. The van der Waals surface area contributed by atoms with E-state index in [9.17, 15) is 9.36 Å². The number of rotatable bonds is 9. The third kappa shape index (κ3) is 5.45. The van der Waals surface area contributed by atoms with Crippen molar-refractivity contribution >= 4 is 13.6 Å². The van der Waals surface area contributed by atoms with Gasteiger partial charge in [0.25, 0.3) is 0 Å². The van der Waals surface area contributed by atoms with Gasteiger partial charge in [-0.25, -0.2) is 4.79 Å². The van der Waals surface area contributed by atoms with E-state index in [-0.39, 0.29) is 5.56 Å². The fraction of sp³-hybridized carbons (Fsp3) is 0.500. The zero-order valence-corrected chi connectivity index (χ0v) is 12.8. The van der Waals surface area contributed by atoms with E-state index < -0.39 is 13.6 Å². The van der Waals surface area contributed by atoms with Crippen LogP contribution < -0.4 is 0 Å². The van der Waals surface area contributed by atoms with Gasteiger partial charge in [-0.15, -0.1) is 0 Å². The van der Waals surface area contributed by atoms with Crippen LogP contribution in [0, 0.1) is 0 Å². The standard InChI is InChI=1S/C14H21O5P/c1-3-18-20(17,19-4-2)11-5-6-12-7-9-13(10-8-12)14(15)16/h7-10H,3-6,11H2,1-2H3,(H,15,16). The monoisotopic (exact) mass is 300 g/mol. The van der Waals surface area contributed by atoms with Crippen molar-refractivity contribution in [1.82, 2.24) is 0 Å². The van der Waals surface area contributed by atoms with Gasteiger partial charge in [-0.1, -0.05) is 12.1 Å². The van der Waals surface area contributed by atoms with Crippen LogP contribution in [0.2, 0.25) is 0 Å². The summed E-state index contributed by atoms with van der Waals surface area (Å²) in [6.45, 7) is 4.31. The van der Waals surface area contributed by atoms with Gasteiger partial charge in [0.05, 0.1) is 24.9 Å². The number of carboxylic acid groups (broad SMARTS) is 1. The first-order valence-corrected chi connectivity index (χ1v) is 8.44. The molecule has 0 aliphatic carbocycles. The minimum absolute atomic E-state index is 0.267. The van der Waals surface area contributed by atoms with E-state index in [1.54, 1.807) is 38.1 Å². The Morgan fingerprint density at radius 2 is 1.70 bits per heavy atom. The molecule has 0 radical (unpaired) electrons. The quantitative estimate of drug-likeness (QED) is 0.706. The topological polar surface area (TPSA) is 72.8 Å². The molecule has 1 rings (SSSR count). The Labute approximate surface area is 119 Å².